The topological polar surface area (TPSA) is 43.4 Å². The molecule has 0 unspecified atom stereocenters. The molecule has 0 N–H and O–H groups in total. The number of hydrogen-bond acceptors (Lipinski definition) is 3. The molecule has 0 aliphatic carbocycles. The maximum Gasteiger partial charge on any atom is 0.342 e. The molecule has 0 amide bonds. The lowest BCUT2D eigenvalue weighted by molar-refractivity contribution is -0.151. The molecule has 4 heteroatoms. The fourth-order valence-corrected chi connectivity index (χ4v) is 1.32. The highest BCUT2D eigenvalue weighted by atomic mass is 19.1. The van der Waals surface area contributed by atoms with Gasteiger partial charge in [0, 0.05) is 11.1 Å². The molecule has 1 heterocycles. The second kappa shape index (κ2) is 3.65. The summed E-state index contributed by atoms with van der Waals surface area (Å²) in [5, 5.41) is 0. The standard InChI is InChI=1S/C11H7FO3/c12-9-4-2-1-3-7(9)5-8-6-10(13)15-11(8)14/h1-5H,6H2/b8-5+. The number of carbonyl (C=O) groups is 2. The molecule has 2 rings (SSSR count). The summed E-state index contributed by atoms with van der Waals surface area (Å²) in [4.78, 5) is 21.8. The first-order chi connectivity index (χ1) is 7.16. The Balaban J connectivity index is 2.35. The van der Waals surface area contributed by atoms with Crippen molar-refractivity contribution in [2.75, 3.05) is 0 Å². The van der Waals surface area contributed by atoms with Crippen molar-refractivity contribution in [2.24, 2.45) is 0 Å². The Morgan fingerprint density at radius 3 is 2.60 bits per heavy atom. The summed E-state index contributed by atoms with van der Waals surface area (Å²) in [6.07, 6.45) is 1.25. The monoisotopic (exact) mass is 206 g/mol. The molecule has 0 spiro atoms. The van der Waals surface area contributed by atoms with E-state index in [4.69, 9.17) is 0 Å². The molecule has 1 fully saturated rings. The van der Waals surface area contributed by atoms with E-state index >= 15 is 0 Å². The molecule has 0 saturated carbocycles. The number of halogens is 1. The van der Waals surface area contributed by atoms with Gasteiger partial charge in [-0.1, -0.05) is 18.2 Å². The summed E-state index contributed by atoms with van der Waals surface area (Å²) in [7, 11) is 0. The average Bonchev–Trinajstić information content (AvgIpc) is 2.49. The Morgan fingerprint density at radius 1 is 1.27 bits per heavy atom. The van der Waals surface area contributed by atoms with Crippen LogP contribution in [0.3, 0.4) is 0 Å². The van der Waals surface area contributed by atoms with E-state index in [0.717, 1.165) is 0 Å². The molecule has 15 heavy (non-hydrogen) atoms. The maximum absolute atomic E-state index is 13.2. The van der Waals surface area contributed by atoms with Gasteiger partial charge in [0.1, 0.15) is 5.82 Å². The Labute approximate surface area is 85.2 Å². The quantitative estimate of drug-likeness (QED) is 0.399. The zero-order valence-corrected chi connectivity index (χ0v) is 7.70. The first-order valence-corrected chi connectivity index (χ1v) is 4.37. The summed E-state index contributed by atoms with van der Waals surface area (Å²) in [5.74, 6) is -1.72. The van der Waals surface area contributed by atoms with E-state index in [1.165, 1.54) is 18.2 Å². The number of ether oxygens (including phenoxy) is 1. The molecular weight excluding hydrogens is 199 g/mol. The summed E-state index contributed by atoms with van der Waals surface area (Å²) in [5.41, 5.74) is 0.462. The molecule has 1 aliphatic rings. The normalized spacial score (nSPS) is 18.3. The van der Waals surface area contributed by atoms with Gasteiger partial charge in [0.2, 0.25) is 0 Å². The van der Waals surface area contributed by atoms with E-state index in [1.54, 1.807) is 12.1 Å². The lowest BCUT2D eigenvalue weighted by atomic mass is 10.1. The van der Waals surface area contributed by atoms with Crippen molar-refractivity contribution in [3.05, 3.63) is 41.2 Å². The van der Waals surface area contributed by atoms with E-state index in [-0.39, 0.29) is 17.6 Å². The molecular formula is C11H7FO3. The van der Waals surface area contributed by atoms with Crippen molar-refractivity contribution in [2.45, 2.75) is 6.42 Å². The third kappa shape index (κ3) is 1.93. The number of benzene rings is 1. The fourth-order valence-electron chi connectivity index (χ4n) is 1.32. The van der Waals surface area contributed by atoms with Crippen molar-refractivity contribution in [1.29, 1.82) is 0 Å². The van der Waals surface area contributed by atoms with Crippen LogP contribution in [0.25, 0.3) is 6.08 Å². The van der Waals surface area contributed by atoms with E-state index in [9.17, 15) is 14.0 Å². The van der Waals surface area contributed by atoms with E-state index in [2.05, 4.69) is 4.74 Å². The predicted octanol–water partition coefficient (Wildman–Crippen LogP) is 1.68. The minimum Gasteiger partial charge on any atom is -0.389 e. The molecule has 3 nitrogen and oxygen atoms in total. The number of esters is 2. The Morgan fingerprint density at radius 2 is 2.00 bits per heavy atom. The van der Waals surface area contributed by atoms with Crippen LogP contribution in [0.1, 0.15) is 12.0 Å². The van der Waals surface area contributed by atoms with Crippen LogP contribution in [0.2, 0.25) is 0 Å². The van der Waals surface area contributed by atoms with Crippen LogP contribution in [0, 0.1) is 5.82 Å². The molecule has 0 radical (unpaired) electrons. The molecule has 0 bridgehead atoms. The van der Waals surface area contributed by atoms with Gasteiger partial charge < -0.3 is 4.74 Å². The molecule has 1 aromatic rings. The van der Waals surface area contributed by atoms with Crippen molar-refractivity contribution < 1.29 is 18.7 Å². The summed E-state index contributed by atoms with van der Waals surface area (Å²) < 4.78 is 17.5. The molecule has 76 valence electrons. The van der Waals surface area contributed by atoms with E-state index in [0.29, 0.717) is 0 Å². The van der Waals surface area contributed by atoms with Gasteiger partial charge in [0.15, 0.2) is 0 Å². The molecule has 1 saturated heterocycles. The Hall–Kier alpha value is -1.97. The third-order valence-electron chi connectivity index (χ3n) is 2.04. The first-order valence-electron chi connectivity index (χ1n) is 4.37. The summed E-state index contributed by atoms with van der Waals surface area (Å²) in [6.45, 7) is 0. The number of rotatable bonds is 1. The maximum atomic E-state index is 13.2. The van der Waals surface area contributed by atoms with Gasteiger partial charge in [-0.15, -0.1) is 0 Å². The molecule has 0 atom stereocenters. The van der Waals surface area contributed by atoms with Gasteiger partial charge in [-0.05, 0) is 12.1 Å². The largest absolute Gasteiger partial charge is 0.389 e. The third-order valence-corrected chi connectivity index (χ3v) is 2.04. The lowest BCUT2D eigenvalue weighted by Crippen LogP contribution is -1.97. The van der Waals surface area contributed by atoms with Crippen LogP contribution in [0.15, 0.2) is 29.8 Å². The van der Waals surface area contributed by atoms with E-state index in [1.807, 2.05) is 0 Å². The van der Waals surface area contributed by atoms with Gasteiger partial charge in [0.05, 0.1) is 6.42 Å². The summed E-state index contributed by atoms with van der Waals surface area (Å²) in [6, 6.07) is 6.01. The zero-order chi connectivity index (χ0) is 10.8. The van der Waals surface area contributed by atoms with E-state index < -0.39 is 17.8 Å². The highest BCUT2D eigenvalue weighted by molar-refractivity contribution is 6.08. The summed E-state index contributed by atoms with van der Waals surface area (Å²) >= 11 is 0. The number of carbonyl (C=O) groups excluding carboxylic acids is 2. The van der Waals surface area contributed by atoms with Crippen molar-refractivity contribution in [3.8, 4) is 0 Å². The highest BCUT2D eigenvalue weighted by Gasteiger charge is 2.26. The van der Waals surface area contributed by atoms with Crippen molar-refractivity contribution in [3.63, 3.8) is 0 Å². The van der Waals surface area contributed by atoms with Crippen LogP contribution >= 0.6 is 0 Å². The Bertz CT molecular complexity index is 463. The van der Waals surface area contributed by atoms with Crippen LogP contribution in [-0.2, 0) is 14.3 Å². The Kier molecular flexibility index (Phi) is 2.33. The predicted molar refractivity (Wildman–Crippen MR) is 50.1 cm³/mol. The van der Waals surface area contributed by atoms with Gasteiger partial charge in [-0.2, -0.15) is 0 Å². The fraction of sp³-hybridized carbons (Fsp3) is 0.0909. The molecule has 0 aromatic heterocycles. The average molecular weight is 206 g/mol. The zero-order valence-electron chi connectivity index (χ0n) is 7.70. The van der Waals surface area contributed by atoms with Gasteiger partial charge in [-0.25, -0.2) is 9.18 Å². The second-order valence-electron chi connectivity index (χ2n) is 3.13. The second-order valence-corrected chi connectivity index (χ2v) is 3.13. The molecule has 1 aromatic carbocycles. The minimum atomic E-state index is -0.691. The minimum absolute atomic E-state index is 0.0901. The van der Waals surface area contributed by atoms with Gasteiger partial charge in [-0.3, -0.25) is 4.79 Å². The number of cyclic esters (lactones) is 2. The van der Waals surface area contributed by atoms with Gasteiger partial charge in [0.25, 0.3) is 0 Å². The molecule has 1 aliphatic heterocycles. The van der Waals surface area contributed by atoms with Gasteiger partial charge >= 0.3 is 11.9 Å². The smallest absolute Gasteiger partial charge is 0.342 e. The SMILES string of the molecule is O=C1C/C(=C\c2ccccc2F)C(=O)O1. The highest BCUT2D eigenvalue weighted by Crippen LogP contribution is 2.19. The van der Waals surface area contributed by atoms with Crippen molar-refractivity contribution >= 4 is 18.0 Å². The van der Waals surface area contributed by atoms with Crippen LogP contribution in [0.5, 0.6) is 0 Å². The van der Waals surface area contributed by atoms with Crippen LogP contribution in [0.4, 0.5) is 4.39 Å². The first kappa shape index (κ1) is 9.58. The van der Waals surface area contributed by atoms with Crippen LogP contribution < -0.4 is 0 Å². The number of hydrogen-bond donors (Lipinski definition) is 0. The lowest BCUT2D eigenvalue weighted by Gasteiger charge is -1.95. The van der Waals surface area contributed by atoms with Crippen molar-refractivity contribution in [1.82, 2.24) is 0 Å². The van der Waals surface area contributed by atoms with Crippen LogP contribution in [-0.4, -0.2) is 11.9 Å².